The molecule has 1 fully saturated rings. The Labute approximate surface area is 160 Å². The van der Waals surface area contributed by atoms with Gasteiger partial charge in [-0.3, -0.25) is 0 Å². The number of piperidine rings is 1. The fourth-order valence-electron chi connectivity index (χ4n) is 3.63. The fourth-order valence-corrected chi connectivity index (χ4v) is 3.83. The average Bonchev–Trinajstić information content (AvgIpc) is 2.68. The van der Waals surface area contributed by atoms with Gasteiger partial charge in [0.2, 0.25) is 0 Å². The van der Waals surface area contributed by atoms with Gasteiger partial charge < -0.3 is 20.1 Å². The van der Waals surface area contributed by atoms with Crippen molar-refractivity contribution in [2.75, 3.05) is 33.9 Å². The number of hydrogen-bond donors (Lipinski definition) is 2. The highest BCUT2D eigenvalue weighted by molar-refractivity contribution is 6.30. The van der Waals surface area contributed by atoms with Crippen LogP contribution in [0.2, 0.25) is 5.02 Å². The third-order valence-electron chi connectivity index (χ3n) is 5.03. The van der Waals surface area contributed by atoms with E-state index in [9.17, 15) is 0 Å². The molecule has 1 saturated heterocycles. The van der Waals surface area contributed by atoms with E-state index >= 15 is 0 Å². The summed E-state index contributed by atoms with van der Waals surface area (Å²) >= 11 is 6.19. The molecule has 2 N–H and O–H groups in total. The molecule has 2 unspecified atom stereocenters. The van der Waals surface area contributed by atoms with Crippen LogP contribution >= 0.6 is 11.6 Å². The van der Waals surface area contributed by atoms with Crippen LogP contribution < -0.4 is 20.1 Å². The third kappa shape index (κ3) is 4.70. The molecule has 5 heteroatoms. The molecule has 0 bridgehead atoms. The van der Waals surface area contributed by atoms with E-state index in [0.29, 0.717) is 12.0 Å². The number of methoxy groups -OCH3 is 2. The van der Waals surface area contributed by atoms with Crippen LogP contribution in [0.4, 0.5) is 0 Å². The highest BCUT2D eigenvalue weighted by Gasteiger charge is 2.25. The van der Waals surface area contributed by atoms with E-state index in [-0.39, 0.29) is 0 Å². The topological polar surface area (TPSA) is 42.5 Å². The van der Waals surface area contributed by atoms with E-state index in [1.165, 1.54) is 11.1 Å². The predicted octanol–water partition coefficient (Wildman–Crippen LogP) is 3.64. The Morgan fingerprint density at radius 3 is 2.73 bits per heavy atom. The van der Waals surface area contributed by atoms with Crippen LogP contribution in [0, 0.1) is 0 Å². The minimum Gasteiger partial charge on any atom is -0.493 e. The maximum absolute atomic E-state index is 6.19. The molecule has 1 heterocycles. The van der Waals surface area contributed by atoms with E-state index in [1.54, 1.807) is 14.2 Å². The zero-order chi connectivity index (χ0) is 18.4. The Kier molecular flexibility index (Phi) is 6.78. The molecule has 2 atom stereocenters. The van der Waals surface area contributed by atoms with Crippen molar-refractivity contribution in [1.82, 2.24) is 10.6 Å². The molecule has 0 aliphatic carbocycles. The molecule has 0 spiro atoms. The average molecular weight is 375 g/mol. The van der Waals surface area contributed by atoms with Gasteiger partial charge in [-0.15, -0.1) is 0 Å². The summed E-state index contributed by atoms with van der Waals surface area (Å²) < 4.78 is 10.7. The molecular formula is C21H27ClN2O2. The van der Waals surface area contributed by atoms with Gasteiger partial charge in [-0.2, -0.15) is 0 Å². The Hall–Kier alpha value is -1.75. The van der Waals surface area contributed by atoms with Crippen LogP contribution in [0.15, 0.2) is 42.5 Å². The second-order valence-corrected chi connectivity index (χ2v) is 7.09. The molecule has 0 aromatic heterocycles. The summed E-state index contributed by atoms with van der Waals surface area (Å²) in [5, 5.41) is 8.06. The van der Waals surface area contributed by atoms with Gasteiger partial charge in [0, 0.05) is 23.5 Å². The highest BCUT2D eigenvalue weighted by atomic mass is 35.5. The Bertz CT molecular complexity index is 723. The van der Waals surface area contributed by atoms with E-state index in [4.69, 9.17) is 21.1 Å². The van der Waals surface area contributed by atoms with Crippen molar-refractivity contribution in [3.05, 3.63) is 58.6 Å². The van der Waals surface area contributed by atoms with Crippen molar-refractivity contribution in [3.63, 3.8) is 0 Å². The van der Waals surface area contributed by atoms with Crippen molar-refractivity contribution < 1.29 is 9.47 Å². The molecule has 2 aromatic carbocycles. The lowest BCUT2D eigenvalue weighted by Gasteiger charge is -2.33. The SMILES string of the molecule is COc1ccc(CCNC2CCNCC2c2cccc(Cl)c2)cc1OC. The van der Waals surface area contributed by atoms with Gasteiger partial charge in [0.25, 0.3) is 0 Å². The molecule has 0 saturated carbocycles. The molecule has 2 aromatic rings. The van der Waals surface area contributed by atoms with E-state index < -0.39 is 0 Å². The number of rotatable bonds is 7. The van der Waals surface area contributed by atoms with Gasteiger partial charge in [0.05, 0.1) is 14.2 Å². The standard InChI is InChI=1S/C21H27ClN2O2/c1-25-20-7-6-15(12-21(20)26-2)8-11-24-19-9-10-23-14-18(19)16-4-3-5-17(22)13-16/h3-7,12-13,18-19,23-24H,8-11,14H2,1-2H3. The quantitative estimate of drug-likeness (QED) is 0.776. The van der Waals surface area contributed by atoms with Gasteiger partial charge in [-0.25, -0.2) is 0 Å². The highest BCUT2D eigenvalue weighted by Crippen LogP contribution is 2.28. The number of hydrogen-bond acceptors (Lipinski definition) is 4. The molecule has 26 heavy (non-hydrogen) atoms. The van der Waals surface area contributed by atoms with Gasteiger partial charge in [0.1, 0.15) is 0 Å². The first-order valence-corrected chi connectivity index (χ1v) is 9.49. The van der Waals surface area contributed by atoms with Crippen molar-refractivity contribution in [3.8, 4) is 11.5 Å². The number of halogens is 1. The van der Waals surface area contributed by atoms with Crippen molar-refractivity contribution in [2.45, 2.75) is 24.8 Å². The lowest BCUT2D eigenvalue weighted by atomic mass is 9.87. The number of nitrogens with one attached hydrogen (secondary N) is 2. The maximum Gasteiger partial charge on any atom is 0.160 e. The predicted molar refractivity (Wildman–Crippen MR) is 107 cm³/mol. The van der Waals surface area contributed by atoms with Crippen LogP contribution in [0.5, 0.6) is 11.5 Å². The summed E-state index contributed by atoms with van der Waals surface area (Å²) in [5.41, 5.74) is 2.54. The summed E-state index contributed by atoms with van der Waals surface area (Å²) in [5.74, 6) is 1.99. The summed E-state index contributed by atoms with van der Waals surface area (Å²) in [6.45, 7) is 2.96. The molecule has 4 nitrogen and oxygen atoms in total. The number of ether oxygens (including phenoxy) is 2. The van der Waals surface area contributed by atoms with E-state index in [0.717, 1.165) is 49.0 Å². The summed E-state index contributed by atoms with van der Waals surface area (Å²) in [6, 6.07) is 14.8. The first-order chi connectivity index (χ1) is 12.7. The molecule has 1 aliphatic rings. The summed E-state index contributed by atoms with van der Waals surface area (Å²) in [4.78, 5) is 0. The first-order valence-electron chi connectivity index (χ1n) is 9.11. The minimum atomic E-state index is 0.438. The van der Waals surface area contributed by atoms with Gasteiger partial charge >= 0.3 is 0 Å². The lowest BCUT2D eigenvalue weighted by molar-refractivity contribution is 0.343. The van der Waals surface area contributed by atoms with Crippen molar-refractivity contribution in [1.29, 1.82) is 0 Å². The lowest BCUT2D eigenvalue weighted by Crippen LogP contribution is -2.46. The normalized spacial score (nSPS) is 20.0. The zero-order valence-electron chi connectivity index (χ0n) is 15.4. The van der Waals surface area contributed by atoms with Crippen molar-refractivity contribution in [2.24, 2.45) is 0 Å². The summed E-state index contributed by atoms with van der Waals surface area (Å²) in [7, 11) is 3.33. The molecule has 0 radical (unpaired) electrons. The third-order valence-corrected chi connectivity index (χ3v) is 5.26. The monoisotopic (exact) mass is 374 g/mol. The van der Waals surface area contributed by atoms with Crippen LogP contribution in [-0.2, 0) is 6.42 Å². The number of benzene rings is 2. The van der Waals surface area contributed by atoms with Crippen LogP contribution in [-0.4, -0.2) is 39.9 Å². The van der Waals surface area contributed by atoms with Gasteiger partial charge in [-0.05, 0) is 61.3 Å². The first kappa shape index (κ1) is 19.0. The maximum atomic E-state index is 6.19. The van der Waals surface area contributed by atoms with E-state index in [1.807, 2.05) is 18.2 Å². The second kappa shape index (κ2) is 9.26. The van der Waals surface area contributed by atoms with Gasteiger partial charge in [-0.1, -0.05) is 29.8 Å². The molecule has 140 valence electrons. The Morgan fingerprint density at radius 2 is 1.96 bits per heavy atom. The van der Waals surface area contributed by atoms with Crippen LogP contribution in [0.25, 0.3) is 0 Å². The Balaban J connectivity index is 1.61. The zero-order valence-corrected chi connectivity index (χ0v) is 16.2. The molecule has 1 aliphatic heterocycles. The summed E-state index contributed by atoms with van der Waals surface area (Å²) in [6.07, 6.45) is 2.07. The molecule has 3 rings (SSSR count). The fraction of sp³-hybridized carbons (Fsp3) is 0.429. The van der Waals surface area contributed by atoms with Crippen LogP contribution in [0.1, 0.15) is 23.5 Å². The van der Waals surface area contributed by atoms with Crippen LogP contribution in [0.3, 0.4) is 0 Å². The van der Waals surface area contributed by atoms with Gasteiger partial charge in [0.15, 0.2) is 11.5 Å². The van der Waals surface area contributed by atoms with Crippen molar-refractivity contribution >= 4 is 11.6 Å². The minimum absolute atomic E-state index is 0.438. The second-order valence-electron chi connectivity index (χ2n) is 6.65. The smallest absolute Gasteiger partial charge is 0.160 e. The largest absolute Gasteiger partial charge is 0.493 e. The molecular weight excluding hydrogens is 348 g/mol. The van der Waals surface area contributed by atoms with E-state index in [2.05, 4.69) is 34.9 Å². The molecule has 0 amide bonds. The Morgan fingerprint density at radius 1 is 1.12 bits per heavy atom.